The zero-order chi connectivity index (χ0) is 19.3. The zero-order valence-corrected chi connectivity index (χ0v) is 17.8. The molecule has 0 N–H and O–H groups in total. The molecule has 154 valence electrons. The summed E-state index contributed by atoms with van der Waals surface area (Å²) < 4.78 is 11.2. The van der Waals surface area contributed by atoms with Crippen molar-refractivity contribution in [1.82, 2.24) is 0 Å². The number of hydrogen-bond acceptors (Lipinski definition) is 2. The lowest BCUT2D eigenvalue weighted by Crippen LogP contribution is -2.22. The van der Waals surface area contributed by atoms with Gasteiger partial charge in [0.05, 0.1) is 6.61 Å². The maximum absolute atomic E-state index is 5.68. The molecule has 0 aromatic carbocycles. The second-order valence-electron chi connectivity index (χ2n) is 7.56. The van der Waals surface area contributed by atoms with Crippen LogP contribution < -0.4 is 0 Å². The van der Waals surface area contributed by atoms with Crippen LogP contribution in [-0.4, -0.2) is 19.5 Å². The molecule has 0 bridgehead atoms. The molecule has 27 heavy (non-hydrogen) atoms. The van der Waals surface area contributed by atoms with Gasteiger partial charge < -0.3 is 9.47 Å². The minimum absolute atomic E-state index is 0.0271. The predicted molar refractivity (Wildman–Crippen MR) is 115 cm³/mol. The summed E-state index contributed by atoms with van der Waals surface area (Å²) in [5.41, 5.74) is 0. The topological polar surface area (TPSA) is 18.5 Å². The molecule has 1 heterocycles. The summed E-state index contributed by atoms with van der Waals surface area (Å²) >= 11 is 0. The van der Waals surface area contributed by atoms with E-state index in [1.165, 1.54) is 77.0 Å². The highest BCUT2D eigenvalue weighted by atomic mass is 16.7. The highest BCUT2D eigenvalue weighted by Crippen LogP contribution is 2.13. The van der Waals surface area contributed by atoms with Gasteiger partial charge in [0, 0.05) is 32.3 Å². The molecule has 0 aromatic heterocycles. The highest BCUT2D eigenvalue weighted by Gasteiger charge is 2.12. The second kappa shape index (κ2) is 19.8. The largest absolute Gasteiger partial charge is 0.353 e. The van der Waals surface area contributed by atoms with Crippen molar-refractivity contribution >= 4 is 0 Å². The fourth-order valence-corrected chi connectivity index (χ4v) is 3.19. The van der Waals surface area contributed by atoms with Gasteiger partial charge in [0.1, 0.15) is 0 Å². The van der Waals surface area contributed by atoms with Crippen molar-refractivity contribution in [3.8, 4) is 23.7 Å². The molecule has 1 atom stereocenters. The first-order valence-corrected chi connectivity index (χ1v) is 11.6. The summed E-state index contributed by atoms with van der Waals surface area (Å²) in [7, 11) is 0. The average molecular weight is 375 g/mol. The van der Waals surface area contributed by atoms with Gasteiger partial charge in [-0.05, 0) is 38.5 Å². The molecule has 0 spiro atoms. The van der Waals surface area contributed by atoms with Gasteiger partial charge in [0.25, 0.3) is 0 Å². The van der Waals surface area contributed by atoms with Crippen molar-refractivity contribution < 1.29 is 9.47 Å². The van der Waals surface area contributed by atoms with Crippen molar-refractivity contribution in [2.24, 2.45) is 0 Å². The smallest absolute Gasteiger partial charge is 0.157 e. The monoisotopic (exact) mass is 374 g/mol. The molecule has 0 saturated carbocycles. The van der Waals surface area contributed by atoms with Gasteiger partial charge in [-0.25, -0.2) is 0 Å². The van der Waals surface area contributed by atoms with Crippen LogP contribution >= 0.6 is 0 Å². The molecule has 1 aliphatic rings. The van der Waals surface area contributed by atoms with Gasteiger partial charge in [-0.1, -0.05) is 51.9 Å². The van der Waals surface area contributed by atoms with Gasteiger partial charge in [-0.15, -0.1) is 23.7 Å². The van der Waals surface area contributed by atoms with Crippen molar-refractivity contribution in [2.75, 3.05) is 13.2 Å². The Bertz CT molecular complexity index is 429. The van der Waals surface area contributed by atoms with Crippen LogP contribution in [0.2, 0.25) is 0 Å². The highest BCUT2D eigenvalue weighted by molar-refractivity contribution is 4.99. The van der Waals surface area contributed by atoms with Gasteiger partial charge in [-0.2, -0.15) is 0 Å². The minimum Gasteiger partial charge on any atom is -0.353 e. The number of hydrogen-bond donors (Lipinski definition) is 0. The number of rotatable bonds is 14. The molecule has 0 aliphatic carbocycles. The summed E-state index contributed by atoms with van der Waals surface area (Å²) in [6, 6.07) is 0. The molecular weight excluding hydrogens is 332 g/mol. The standard InChI is InChI=1S/C25H42O2/c1-2-3-4-5-6-7-8-9-10-11-12-13-14-15-16-17-18-20-23-26-25-22-19-21-24-27-25/h25H,2-4,7-16,19-24H2,1H3. The maximum atomic E-state index is 5.68. The molecule has 1 unspecified atom stereocenters. The summed E-state index contributed by atoms with van der Waals surface area (Å²) in [5.74, 6) is 13.1. The Morgan fingerprint density at radius 1 is 0.704 bits per heavy atom. The van der Waals surface area contributed by atoms with E-state index < -0.39 is 0 Å². The number of ether oxygens (including phenoxy) is 2. The van der Waals surface area contributed by atoms with Crippen LogP contribution in [0.3, 0.4) is 0 Å². The predicted octanol–water partition coefficient (Wildman–Crippen LogP) is 7.02. The van der Waals surface area contributed by atoms with Crippen LogP contribution in [0, 0.1) is 23.7 Å². The summed E-state index contributed by atoms with van der Waals surface area (Å²) in [6.07, 6.45) is 20.7. The Balaban J connectivity index is 1.74. The van der Waals surface area contributed by atoms with Crippen molar-refractivity contribution in [3.05, 3.63) is 0 Å². The molecule has 2 nitrogen and oxygen atoms in total. The average Bonchev–Trinajstić information content (AvgIpc) is 2.70. The third-order valence-electron chi connectivity index (χ3n) is 4.93. The van der Waals surface area contributed by atoms with Crippen molar-refractivity contribution in [1.29, 1.82) is 0 Å². The van der Waals surface area contributed by atoms with E-state index in [0.29, 0.717) is 6.61 Å². The van der Waals surface area contributed by atoms with E-state index in [-0.39, 0.29) is 6.29 Å². The minimum atomic E-state index is 0.0271. The van der Waals surface area contributed by atoms with Gasteiger partial charge in [-0.3, -0.25) is 0 Å². The second-order valence-corrected chi connectivity index (χ2v) is 7.56. The molecule has 1 fully saturated rings. The van der Waals surface area contributed by atoms with E-state index in [4.69, 9.17) is 9.47 Å². The maximum Gasteiger partial charge on any atom is 0.157 e. The normalized spacial score (nSPS) is 16.3. The molecule has 2 heteroatoms. The zero-order valence-electron chi connectivity index (χ0n) is 17.8. The third-order valence-corrected chi connectivity index (χ3v) is 4.93. The van der Waals surface area contributed by atoms with Crippen LogP contribution in [0.4, 0.5) is 0 Å². The Labute approximate surface area is 169 Å². The van der Waals surface area contributed by atoms with Crippen molar-refractivity contribution in [2.45, 2.75) is 122 Å². The van der Waals surface area contributed by atoms with Crippen molar-refractivity contribution in [3.63, 3.8) is 0 Å². The van der Waals surface area contributed by atoms with E-state index in [2.05, 4.69) is 30.6 Å². The Morgan fingerprint density at radius 2 is 1.26 bits per heavy atom. The van der Waals surface area contributed by atoms with Gasteiger partial charge in [0.15, 0.2) is 6.29 Å². The summed E-state index contributed by atoms with van der Waals surface area (Å²) in [5, 5.41) is 0. The summed E-state index contributed by atoms with van der Waals surface area (Å²) in [4.78, 5) is 0. The van der Waals surface area contributed by atoms with E-state index in [1.54, 1.807) is 0 Å². The van der Waals surface area contributed by atoms with Gasteiger partial charge >= 0.3 is 0 Å². The van der Waals surface area contributed by atoms with E-state index in [1.807, 2.05) is 0 Å². The molecule has 0 amide bonds. The molecule has 1 aliphatic heterocycles. The lowest BCUT2D eigenvalue weighted by Gasteiger charge is -2.22. The number of unbranched alkanes of at least 4 members (excludes halogenated alkanes) is 11. The molecule has 1 saturated heterocycles. The van der Waals surface area contributed by atoms with E-state index in [0.717, 1.165) is 38.7 Å². The molecular formula is C25H42O2. The van der Waals surface area contributed by atoms with Crippen LogP contribution in [0.1, 0.15) is 116 Å². The Morgan fingerprint density at radius 3 is 1.81 bits per heavy atom. The lowest BCUT2D eigenvalue weighted by atomic mass is 10.1. The first kappa shape index (κ1) is 24.1. The molecule has 0 aromatic rings. The van der Waals surface area contributed by atoms with Crippen LogP contribution in [0.25, 0.3) is 0 Å². The fraction of sp³-hybridized carbons (Fsp3) is 0.840. The lowest BCUT2D eigenvalue weighted by molar-refractivity contribution is -0.161. The van der Waals surface area contributed by atoms with Crippen LogP contribution in [0.5, 0.6) is 0 Å². The van der Waals surface area contributed by atoms with E-state index >= 15 is 0 Å². The summed E-state index contributed by atoms with van der Waals surface area (Å²) in [6.45, 7) is 3.78. The Hall–Kier alpha value is -0.960. The molecule has 1 rings (SSSR count). The Kier molecular flexibility index (Phi) is 17.7. The SMILES string of the molecule is CCCCC#CCCCCCCCCCCC#CCCOC1CCCCO1. The van der Waals surface area contributed by atoms with Crippen LogP contribution in [-0.2, 0) is 9.47 Å². The third kappa shape index (κ3) is 16.9. The first-order chi connectivity index (χ1) is 13.4. The quantitative estimate of drug-likeness (QED) is 0.240. The van der Waals surface area contributed by atoms with Gasteiger partial charge in [0.2, 0.25) is 0 Å². The fourth-order valence-electron chi connectivity index (χ4n) is 3.19. The molecule has 0 radical (unpaired) electrons. The first-order valence-electron chi connectivity index (χ1n) is 11.6. The van der Waals surface area contributed by atoms with Crippen LogP contribution in [0.15, 0.2) is 0 Å². The van der Waals surface area contributed by atoms with E-state index in [9.17, 15) is 0 Å².